The van der Waals surface area contributed by atoms with Gasteiger partial charge in [-0.1, -0.05) is 24.3 Å². The van der Waals surface area contributed by atoms with Gasteiger partial charge in [-0.25, -0.2) is 9.98 Å². The van der Waals surface area contributed by atoms with Crippen LogP contribution in [0.3, 0.4) is 0 Å². The average molecular weight is 400 g/mol. The molecule has 0 bridgehead atoms. The molecule has 0 aliphatic carbocycles. The summed E-state index contributed by atoms with van der Waals surface area (Å²) < 4.78 is 0. The lowest BCUT2D eigenvalue weighted by Crippen LogP contribution is -2.38. The molecule has 1 aliphatic rings. The van der Waals surface area contributed by atoms with E-state index >= 15 is 0 Å². The van der Waals surface area contributed by atoms with Crippen LogP contribution in [0.25, 0.3) is 0 Å². The van der Waals surface area contributed by atoms with Gasteiger partial charge in [0.25, 0.3) is 0 Å². The fraction of sp³-hybridized carbons (Fsp3) is 0.476. The van der Waals surface area contributed by atoms with Gasteiger partial charge in [0.1, 0.15) is 0 Å². The van der Waals surface area contributed by atoms with Crippen LogP contribution >= 0.6 is 11.3 Å². The Hall–Kier alpha value is -2.41. The standard InChI is InChI=1S/C21H29N5OS/c1-3-22-21(23-11-10-19-15-28-16(2)25-19)24-13-17-7-4-5-8-18(17)14-26-12-6-9-20(26)27/h4-5,7-8,15H,3,6,9-14H2,1-2H3,(H2,22,23,24). The molecule has 1 saturated heterocycles. The zero-order valence-corrected chi connectivity index (χ0v) is 17.5. The van der Waals surface area contributed by atoms with Crippen LogP contribution in [-0.4, -0.2) is 41.4 Å². The molecular weight excluding hydrogens is 370 g/mol. The number of hydrogen-bond donors (Lipinski definition) is 2. The Kier molecular flexibility index (Phi) is 7.42. The highest BCUT2D eigenvalue weighted by Gasteiger charge is 2.20. The third kappa shape index (κ3) is 5.79. The van der Waals surface area contributed by atoms with Crippen LogP contribution in [0.5, 0.6) is 0 Å². The number of rotatable bonds is 8. The molecule has 2 aromatic rings. The van der Waals surface area contributed by atoms with Crippen molar-refractivity contribution in [3.05, 3.63) is 51.5 Å². The number of nitrogens with zero attached hydrogens (tertiary/aromatic N) is 3. The molecule has 0 saturated carbocycles. The topological polar surface area (TPSA) is 69.6 Å². The highest BCUT2D eigenvalue weighted by Crippen LogP contribution is 2.17. The summed E-state index contributed by atoms with van der Waals surface area (Å²) in [5.41, 5.74) is 3.45. The third-order valence-corrected chi connectivity index (χ3v) is 5.57. The van der Waals surface area contributed by atoms with E-state index in [2.05, 4.69) is 40.1 Å². The molecule has 0 unspecified atom stereocenters. The number of likely N-dealkylation sites (tertiary alicyclic amines) is 1. The maximum Gasteiger partial charge on any atom is 0.222 e. The molecular formula is C21H29N5OS. The molecule has 0 radical (unpaired) electrons. The Morgan fingerprint density at radius 2 is 2.11 bits per heavy atom. The lowest BCUT2D eigenvalue weighted by atomic mass is 10.1. The van der Waals surface area contributed by atoms with E-state index < -0.39 is 0 Å². The van der Waals surface area contributed by atoms with Gasteiger partial charge in [-0.05, 0) is 31.4 Å². The van der Waals surface area contributed by atoms with Gasteiger partial charge in [-0.15, -0.1) is 11.3 Å². The number of benzene rings is 1. The van der Waals surface area contributed by atoms with Crippen molar-refractivity contribution in [3.8, 4) is 0 Å². The first kappa shape index (κ1) is 20.3. The van der Waals surface area contributed by atoms with Crippen LogP contribution in [0.15, 0.2) is 34.6 Å². The van der Waals surface area contributed by atoms with E-state index in [9.17, 15) is 4.79 Å². The highest BCUT2D eigenvalue weighted by atomic mass is 32.1. The van der Waals surface area contributed by atoms with Gasteiger partial charge >= 0.3 is 0 Å². The molecule has 7 heteroatoms. The Balaban J connectivity index is 1.59. The first-order valence-electron chi connectivity index (χ1n) is 9.93. The molecule has 0 atom stereocenters. The fourth-order valence-electron chi connectivity index (χ4n) is 3.28. The van der Waals surface area contributed by atoms with Crippen molar-refractivity contribution in [1.82, 2.24) is 20.5 Å². The fourth-order valence-corrected chi connectivity index (χ4v) is 3.93. The number of amides is 1. The van der Waals surface area contributed by atoms with E-state index in [1.54, 1.807) is 11.3 Å². The number of hydrogen-bond acceptors (Lipinski definition) is 4. The minimum Gasteiger partial charge on any atom is -0.357 e. The van der Waals surface area contributed by atoms with Crippen LogP contribution in [-0.2, 0) is 24.3 Å². The van der Waals surface area contributed by atoms with Crippen LogP contribution in [0, 0.1) is 6.92 Å². The molecule has 150 valence electrons. The SMILES string of the molecule is CCNC(=NCc1ccccc1CN1CCCC1=O)NCCc1csc(C)n1. The summed E-state index contributed by atoms with van der Waals surface area (Å²) in [5, 5.41) is 9.90. The van der Waals surface area contributed by atoms with Crippen molar-refractivity contribution in [3.63, 3.8) is 0 Å². The molecule has 1 aromatic carbocycles. The predicted molar refractivity (Wildman–Crippen MR) is 114 cm³/mol. The molecule has 0 spiro atoms. The molecule has 1 aromatic heterocycles. The lowest BCUT2D eigenvalue weighted by molar-refractivity contribution is -0.128. The summed E-state index contributed by atoms with van der Waals surface area (Å²) in [7, 11) is 0. The first-order chi connectivity index (χ1) is 13.7. The minimum atomic E-state index is 0.255. The Morgan fingerprint density at radius 1 is 1.29 bits per heavy atom. The first-order valence-corrected chi connectivity index (χ1v) is 10.8. The Morgan fingerprint density at radius 3 is 2.79 bits per heavy atom. The molecule has 1 amide bonds. The number of carbonyl (C=O) groups is 1. The smallest absolute Gasteiger partial charge is 0.222 e. The lowest BCUT2D eigenvalue weighted by Gasteiger charge is -2.18. The van der Waals surface area contributed by atoms with Gasteiger partial charge < -0.3 is 15.5 Å². The summed E-state index contributed by atoms with van der Waals surface area (Å²) in [6.45, 7) is 7.82. The quantitative estimate of drug-likeness (QED) is 0.529. The van der Waals surface area contributed by atoms with Crippen molar-refractivity contribution >= 4 is 23.2 Å². The Bertz CT molecular complexity index is 817. The van der Waals surface area contributed by atoms with Gasteiger partial charge in [0, 0.05) is 44.4 Å². The van der Waals surface area contributed by atoms with E-state index in [1.807, 2.05) is 24.0 Å². The second kappa shape index (κ2) is 10.2. The molecule has 1 fully saturated rings. The second-order valence-electron chi connectivity index (χ2n) is 6.92. The van der Waals surface area contributed by atoms with Crippen molar-refractivity contribution < 1.29 is 4.79 Å². The molecule has 1 aliphatic heterocycles. The van der Waals surface area contributed by atoms with Crippen molar-refractivity contribution in [2.24, 2.45) is 4.99 Å². The van der Waals surface area contributed by atoms with Crippen LogP contribution in [0.2, 0.25) is 0 Å². The average Bonchev–Trinajstić information content (AvgIpc) is 3.29. The van der Waals surface area contributed by atoms with Gasteiger partial charge in [-0.2, -0.15) is 0 Å². The second-order valence-corrected chi connectivity index (χ2v) is 7.98. The van der Waals surface area contributed by atoms with Crippen LogP contribution < -0.4 is 10.6 Å². The summed E-state index contributed by atoms with van der Waals surface area (Å²) in [4.78, 5) is 23.1. The van der Waals surface area contributed by atoms with Crippen LogP contribution in [0.4, 0.5) is 0 Å². The summed E-state index contributed by atoms with van der Waals surface area (Å²) >= 11 is 1.68. The van der Waals surface area contributed by atoms with Gasteiger partial charge in [0.05, 0.1) is 17.2 Å². The molecule has 28 heavy (non-hydrogen) atoms. The number of aliphatic imine (C=N–C) groups is 1. The molecule has 3 rings (SSSR count). The maximum absolute atomic E-state index is 12.0. The van der Waals surface area contributed by atoms with Crippen LogP contribution in [0.1, 0.15) is 41.6 Å². The number of aromatic nitrogens is 1. The van der Waals surface area contributed by atoms with E-state index in [4.69, 9.17) is 4.99 Å². The van der Waals surface area contributed by atoms with Gasteiger partial charge in [0.2, 0.25) is 5.91 Å². The van der Waals surface area contributed by atoms with Crippen molar-refractivity contribution in [1.29, 1.82) is 0 Å². The largest absolute Gasteiger partial charge is 0.357 e. The van der Waals surface area contributed by atoms with E-state index in [1.165, 1.54) is 5.56 Å². The number of thiazole rings is 1. The van der Waals surface area contributed by atoms with Crippen molar-refractivity contribution in [2.45, 2.75) is 46.2 Å². The number of aryl methyl sites for hydroxylation is 1. The normalized spacial score (nSPS) is 14.6. The van der Waals surface area contributed by atoms with Crippen molar-refractivity contribution in [2.75, 3.05) is 19.6 Å². The minimum absolute atomic E-state index is 0.255. The maximum atomic E-state index is 12.0. The van der Waals surface area contributed by atoms with E-state index in [0.717, 1.165) is 54.7 Å². The summed E-state index contributed by atoms with van der Waals surface area (Å²) in [6.07, 6.45) is 2.52. The summed E-state index contributed by atoms with van der Waals surface area (Å²) in [5.74, 6) is 1.06. The number of guanidine groups is 1. The summed E-state index contributed by atoms with van der Waals surface area (Å²) in [6, 6.07) is 8.26. The third-order valence-electron chi connectivity index (χ3n) is 4.74. The number of carbonyl (C=O) groups excluding carboxylic acids is 1. The molecule has 2 heterocycles. The van der Waals surface area contributed by atoms with Gasteiger partial charge in [-0.3, -0.25) is 4.79 Å². The number of nitrogens with one attached hydrogen (secondary N) is 2. The highest BCUT2D eigenvalue weighted by molar-refractivity contribution is 7.09. The predicted octanol–water partition coefficient (Wildman–Crippen LogP) is 2.87. The van der Waals surface area contributed by atoms with Gasteiger partial charge in [0.15, 0.2) is 5.96 Å². The zero-order valence-electron chi connectivity index (χ0n) is 16.7. The van der Waals surface area contributed by atoms with E-state index in [0.29, 0.717) is 19.5 Å². The Labute approximate surface area is 171 Å². The van der Waals surface area contributed by atoms with E-state index in [-0.39, 0.29) is 5.91 Å². The zero-order chi connectivity index (χ0) is 19.8. The monoisotopic (exact) mass is 399 g/mol. The molecule has 2 N–H and O–H groups in total. The molecule has 6 nitrogen and oxygen atoms in total.